The van der Waals surface area contributed by atoms with Crippen LogP contribution in [0.1, 0.15) is 162 Å². The second-order valence-corrected chi connectivity index (χ2v) is 16.7. The summed E-state index contributed by atoms with van der Waals surface area (Å²) >= 11 is 0. The van der Waals surface area contributed by atoms with Gasteiger partial charge in [0.2, 0.25) is 5.91 Å². The first-order chi connectivity index (χ1) is 25.5. The third kappa shape index (κ3) is 38.3. The van der Waals surface area contributed by atoms with E-state index < -0.39 is 26.6 Å². The predicted octanol–water partition coefficient (Wildman–Crippen LogP) is 10.8. The lowest BCUT2D eigenvalue weighted by molar-refractivity contribution is -0.870. The van der Waals surface area contributed by atoms with E-state index in [1.54, 1.807) is 6.08 Å². The van der Waals surface area contributed by atoms with Crippen molar-refractivity contribution in [2.75, 3.05) is 40.9 Å². The molecule has 2 N–H and O–H groups in total. The van der Waals surface area contributed by atoms with E-state index in [1.807, 2.05) is 27.2 Å². The summed E-state index contributed by atoms with van der Waals surface area (Å²) in [4.78, 5) is 25.2. The van der Waals surface area contributed by atoms with E-state index >= 15 is 0 Å². The normalized spacial score (nSPS) is 15.1. The molecule has 0 spiro atoms. The van der Waals surface area contributed by atoms with Gasteiger partial charge in [0, 0.05) is 6.42 Å². The third-order valence-electron chi connectivity index (χ3n) is 8.96. The summed E-state index contributed by atoms with van der Waals surface area (Å²) in [6.45, 7) is 4.47. The summed E-state index contributed by atoms with van der Waals surface area (Å²) in [7, 11) is 1.22. The summed E-state index contributed by atoms with van der Waals surface area (Å²) < 4.78 is 23.1. The van der Waals surface area contributed by atoms with Crippen LogP contribution in [0.15, 0.2) is 60.8 Å². The first-order valence-corrected chi connectivity index (χ1v) is 22.6. The molecule has 0 aromatic rings. The van der Waals surface area contributed by atoms with E-state index in [4.69, 9.17) is 9.05 Å². The molecule has 0 aliphatic rings. The molecule has 1 amide bonds. The Labute approximate surface area is 326 Å². The average molecular weight is 765 g/mol. The Morgan fingerprint density at radius 3 is 1.75 bits per heavy atom. The molecule has 3 unspecified atom stereocenters. The van der Waals surface area contributed by atoms with Crippen LogP contribution < -0.4 is 10.2 Å². The lowest BCUT2D eigenvalue weighted by Crippen LogP contribution is -2.45. The Bertz CT molecular complexity index is 1050. The van der Waals surface area contributed by atoms with Gasteiger partial charge in [-0.25, -0.2) is 0 Å². The van der Waals surface area contributed by atoms with E-state index in [0.717, 1.165) is 77.0 Å². The van der Waals surface area contributed by atoms with Crippen LogP contribution in [0.4, 0.5) is 0 Å². The number of rotatable bonds is 37. The minimum Gasteiger partial charge on any atom is -0.756 e. The number of nitrogens with one attached hydrogen (secondary N) is 1. The second-order valence-electron chi connectivity index (χ2n) is 15.3. The van der Waals surface area contributed by atoms with Gasteiger partial charge in [0.1, 0.15) is 13.2 Å². The van der Waals surface area contributed by atoms with E-state index in [9.17, 15) is 19.4 Å². The maximum Gasteiger partial charge on any atom is 0.268 e. The molecule has 0 aliphatic carbocycles. The minimum atomic E-state index is -4.60. The summed E-state index contributed by atoms with van der Waals surface area (Å²) in [6.07, 6.45) is 45.5. The first-order valence-electron chi connectivity index (χ1n) is 21.2. The highest BCUT2D eigenvalue weighted by molar-refractivity contribution is 7.45. The number of carbonyl (C=O) groups excluding carboxylic acids is 1. The number of unbranched alkanes of at least 4 members (excludes halogenated alkanes) is 16. The number of likely N-dealkylation sites (N-methyl/N-ethyl adjacent to an activating group) is 1. The molecule has 53 heavy (non-hydrogen) atoms. The van der Waals surface area contributed by atoms with Crippen molar-refractivity contribution in [1.82, 2.24) is 5.32 Å². The predicted molar refractivity (Wildman–Crippen MR) is 224 cm³/mol. The standard InChI is InChI=1S/C44H81N2O6P/c1-6-8-10-12-14-16-18-20-22-24-25-27-29-31-33-35-37-43(47)42(41-52-53(49,50)51-40-39-46(3,4)5)45-44(48)38-36-34-32-30-28-26-23-21-19-17-15-13-11-9-7-2/h9,11,15,17,21,23,27,29,35,37,42-43,47H,6-8,10,12-14,16,18-20,22,24-26,28,30-34,36,38-41H2,1-5H3,(H-,45,48,49,50)/b11-9-,17-15-,23-21-,29-27+,37-35+. The molecule has 9 heteroatoms. The molecule has 8 nitrogen and oxygen atoms in total. The number of aliphatic hydroxyl groups excluding tert-OH is 1. The van der Waals surface area contributed by atoms with Gasteiger partial charge < -0.3 is 28.8 Å². The van der Waals surface area contributed by atoms with Crippen molar-refractivity contribution in [3.63, 3.8) is 0 Å². The molecule has 0 saturated heterocycles. The average Bonchev–Trinajstić information content (AvgIpc) is 3.10. The van der Waals surface area contributed by atoms with Gasteiger partial charge >= 0.3 is 0 Å². The van der Waals surface area contributed by atoms with Gasteiger partial charge in [0.25, 0.3) is 7.82 Å². The first kappa shape index (κ1) is 51.2. The van der Waals surface area contributed by atoms with Crippen LogP contribution in [-0.2, 0) is 18.4 Å². The molecule has 0 aromatic heterocycles. The smallest absolute Gasteiger partial charge is 0.268 e. The minimum absolute atomic E-state index is 0.0126. The van der Waals surface area contributed by atoms with Gasteiger partial charge in [-0.3, -0.25) is 9.36 Å². The van der Waals surface area contributed by atoms with Crippen molar-refractivity contribution in [1.29, 1.82) is 0 Å². The van der Waals surface area contributed by atoms with Crippen molar-refractivity contribution < 1.29 is 32.9 Å². The van der Waals surface area contributed by atoms with Crippen LogP contribution in [0, 0.1) is 0 Å². The van der Waals surface area contributed by atoms with E-state index in [1.165, 1.54) is 64.2 Å². The Balaban J connectivity index is 4.56. The van der Waals surface area contributed by atoms with E-state index in [2.05, 4.69) is 67.8 Å². The molecule has 0 heterocycles. The van der Waals surface area contributed by atoms with Crippen LogP contribution in [0.5, 0.6) is 0 Å². The molecule has 0 bridgehead atoms. The zero-order chi connectivity index (χ0) is 39.3. The SMILES string of the molecule is CC/C=C\C/C=C\C/C=C\CCCCCCCC(=O)NC(COP(=O)([O-])OCC[N+](C)(C)C)C(O)/C=C/CC/C=C/CCCCCCCCCCCC. The van der Waals surface area contributed by atoms with E-state index in [-0.39, 0.29) is 12.5 Å². The van der Waals surface area contributed by atoms with E-state index in [0.29, 0.717) is 17.4 Å². The zero-order valence-corrected chi connectivity index (χ0v) is 35.6. The van der Waals surface area contributed by atoms with Gasteiger partial charge in [-0.15, -0.1) is 0 Å². The Morgan fingerprint density at radius 2 is 1.17 bits per heavy atom. The Hall–Kier alpha value is -1.80. The summed E-state index contributed by atoms with van der Waals surface area (Å²) in [6, 6.07) is -0.913. The maximum atomic E-state index is 12.8. The quantitative estimate of drug-likeness (QED) is 0.0282. The molecule has 0 rings (SSSR count). The largest absolute Gasteiger partial charge is 0.756 e. The van der Waals surface area contributed by atoms with Crippen molar-refractivity contribution in [3.8, 4) is 0 Å². The van der Waals surface area contributed by atoms with Crippen molar-refractivity contribution >= 4 is 13.7 Å². The monoisotopic (exact) mass is 765 g/mol. The number of amides is 1. The summed E-state index contributed by atoms with van der Waals surface area (Å²) in [5.41, 5.74) is 0. The number of quaternary nitrogens is 1. The fraction of sp³-hybridized carbons (Fsp3) is 0.750. The molecule has 308 valence electrons. The maximum absolute atomic E-state index is 12.8. The van der Waals surface area contributed by atoms with Crippen molar-refractivity contribution in [2.24, 2.45) is 0 Å². The molecular weight excluding hydrogens is 683 g/mol. The van der Waals surface area contributed by atoms with Gasteiger partial charge in [0.05, 0.1) is 39.9 Å². The molecule has 0 saturated carbocycles. The van der Waals surface area contributed by atoms with Crippen molar-refractivity contribution in [2.45, 2.75) is 174 Å². The lowest BCUT2D eigenvalue weighted by atomic mass is 10.1. The zero-order valence-electron chi connectivity index (χ0n) is 34.7. The van der Waals surface area contributed by atoms with Crippen LogP contribution >= 0.6 is 7.82 Å². The van der Waals surface area contributed by atoms with Crippen LogP contribution in [0.25, 0.3) is 0 Å². The number of nitrogens with zero attached hydrogens (tertiary/aromatic N) is 1. The molecule has 0 fully saturated rings. The highest BCUT2D eigenvalue weighted by Crippen LogP contribution is 2.38. The van der Waals surface area contributed by atoms with Gasteiger partial charge in [-0.05, 0) is 64.2 Å². The van der Waals surface area contributed by atoms with Crippen LogP contribution in [0.3, 0.4) is 0 Å². The number of hydrogen-bond donors (Lipinski definition) is 2. The number of aliphatic hydroxyl groups is 1. The molecule has 0 aliphatic heterocycles. The highest BCUT2D eigenvalue weighted by Gasteiger charge is 2.23. The number of allylic oxidation sites excluding steroid dienone is 9. The Kier molecular flexibility index (Phi) is 34.7. The van der Waals surface area contributed by atoms with Gasteiger partial charge in [-0.2, -0.15) is 0 Å². The summed E-state index contributed by atoms with van der Waals surface area (Å²) in [5.74, 6) is -0.228. The molecule has 3 atom stereocenters. The van der Waals surface area contributed by atoms with Gasteiger partial charge in [0.15, 0.2) is 0 Å². The topological polar surface area (TPSA) is 108 Å². The third-order valence-corrected chi connectivity index (χ3v) is 9.93. The molecule has 0 radical (unpaired) electrons. The summed E-state index contributed by atoms with van der Waals surface area (Å²) in [5, 5.41) is 13.7. The fourth-order valence-electron chi connectivity index (χ4n) is 5.59. The number of carbonyl (C=O) groups is 1. The molecule has 0 aromatic carbocycles. The fourth-order valence-corrected chi connectivity index (χ4v) is 6.32. The second kappa shape index (κ2) is 35.9. The molecular formula is C44H81N2O6P. The number of phosphoric ester groups is 1. The van der Waals surface area contributed by atoms with Gasteiger partial charge in [-0.1, -0.05) is 152 Å². The van der Waals surface area contributed by atoms with Crippen molar-refractivity contribution in [3.05, 3.63) is 60.8 Å². The van der Waals surface area contributed by atoms with Crippen LogP contribution in [0.2, 0.25) is 0 Å². The van der Waals surface area contributed by atoms with Crippen LogP contribution in [-0.4, -0.2) is 68.5 Å². The lowest BCUT2D eigenvalue weighted by Gasteiger charge is -2.29. The number of hydrogen-bond acceptors (Lipinski definition) is 6. The highest BCUT2D eigenvalue weighted by atomic mass is 31.2. The Morgan fingerprint density at radius 1 is 0.679 bits per heavy atom. The number of phosphoric acid groups is 1.